The van der Waals surface area contributed by atoms with Gasteiger partial charge in [0.1, 0.15) is 0 Å². The Hall–Kier alpha value is -1.42. The molecule has 0 spiro atoms. The molecule has 0 aromatic carbocycles. The third kappa shape index (κ3) is 2.39. The van der Waals surface area contributed by atoms with Gasteiger partial charge in [-0.05, 0) is 31.0 Å². The van der Waals surface area contributed by atoms with Crippen molar-refractivity contribution in [3.63, 3.8) is 0 Å². The van der Waals surface area contributed by atoms with Crippen LogP contribution in [0.4, 0.5) is 0 Å². The van der Waals surface area contributed by atoms with E-state index in [2.05, 4.69) is 22.0 Å². The lowest BCUT2D eigenvalue weighted by molar-refractivity contribution is 0.603. The number of halogens is 1. The van der Waals surface area contributed by atoms with Gasteiger partial charge in [0.25, 0.3) is 0 Å². The lowest BCUT2D eigenvalue weighted by Crippen LogP contribution is -1.95. The average molecular weight is 237 g/mol. The molecule has 0 aliphatic heterocycles. The predicted octanol–water partition coefficient (Wildman–Crippen LogP) is 2.71. The first-order valence-corrected chi connectivity index (χ1v) is 5.61. The van der Waals surface area contributed by atoms with Gasteiger partial charge in [0.05, 0.1) is 11.9 Å². The molecule has 5 heteroatoms. The monoisotopic (exact) mass is 236 g/mol. The fourth-order valence-corrected chi connectivity index (χ4v) is 1.75. The molecule has 0 saturated heterocycles. The maximum Gasteiger partial charge on any atom is 0.223 e. The molecular formula is C11H13ClN4. The van der Waals surface area contributed by atoms with Crippen molar-refractivity contribution in [2.45, 2.75) is 26.8 Å². The molecule has 0 aliphatic carbocycles. The maximum absolute atomic E-state index is 5.82. The fraction of sp³-hybridized carbons (Fsp3) is 0.364. The number of rotatable bonds is 3. The molecule has 0 amide bonds. The van der Waals surface area contributed by atoms with Crippen LogP contribution < -0.4 is 0 Å². The summed E-state index contributed by atoms with van der Waals surface area (Å²) in [6.45, 7) is 4.93. The summed E-state index contributed by atoms with van der Waals surface area (Å²) in [5.41, 5.74) is 2.65. The summed E-state index contributed by atoms with van der Waals surface area (Å²) >= 11 is 5.82. The molecule has 0 fully saturated rings. The van der Waals surface area contributed by atoms with Crippen molar-refractivity contribution in [3.05, 3.63) is 29.4 Å². The SMILES string of the molecule is CCCn1cc(-c2cc(C)nc(Cl)n2)cn1. The Kier molecular flexibility index (Phi) is 3.19. The van der Waals surface area contributed by atoms with Gasteiger partial charge in [0.15, 0.2) is 0 Å². The van der Waals surface area contributed by atoms with Crippen LogP contribution in [-0.2, 0) is 6.54 Å². The Balaban J connectivity index is 2.34. The average Bonchev–Trinajstić information content (AvgIpc) is 2.65. The summed E-state index contributed by atoms with van der Waals surface area (Å²) in [6, 6.07) is 1.90. The molecule has 0 saturated carbocycles. The summed E-state index contributed by atoms with van der Waals surface area (Å²) in [5.74, 6) is 0. The molecule has 0 bridgehead atoms. The molecule has 2 aromatic rings. The number of nitrogens with zero attached hydrogens (tertiary/aromatic N) is 4. The van der Waals surface area contributed by atoms with Crippen molar-refractivity contribution in [1.82, 2.24) is 19.7 Å². The van der Waals surface area contributed by atoms with Gasteiger partial charge in [-0.15, -0.1) is 0 Å². The molecule has 4 nitrogen and oxygen atoms in total. The minimum atomic E-state index is 0.276. The number of aromatic nitrogens is 4. The molecule has 2 aromatic heterocycles. The Bertz CT molecular complexity index is 472. The van der Waals surface area contributed by atoms with E-state index < -0.39 is 0 Å². The number of hydrogen-bond donors (Lipinski definition) is 0. The van der Waals surface area contributed by atoms with Crippen LogP contribution in [0.25, 0.3) is 11.3 Å². The van der Waals surface area contributed by atoms with Crippen LogP contribution in [0.1, 0.15) is 19.0 Å². The van der Waals surface area contributed by atoms with Crippen molar-refractivity contribution in [2.24, 2.45) is 0 Å². The second-order valence-corrected chi connectivity index (χ2v) is 3.99. The largest absolute Gasteiger partial charge is 0.272 e. The van der Waals surface area contributed by atoms with Crippen LogP contribution in [0, 0.1) is 6.92 Å². The Morgan fingerprint density at radius 1 is 1.38 bits per heavy atom. The van der Waals surface area contributed by atoms with Crippen LogP contribution >= 0.6 is 11.6 Å². The van der Waals surface area contributed by atoms with Gasteiger partial charge in [-0.1, -0.05) is 6.92 Å². The van der Waals surface area contributed by atoms with Crippen LogP contribution in [-0.4, -0.2) is 19.7 Å². The predicted molar refractivity (Wildman–Crippen MR) is 63.3 cm³/mol. The molecule has 0 radical (unpaired) electrons. The molecule has 2 rings (SSSR count). The summed E-state index contributed by atoms with van der Waals surface area (Å²) < 4.78 is 1.90. The maximum atomic E-state index is 5.82. The van der Waals surface area contributed by atoms with Gasteiger partial charge in [-0.3, -0.25) is 4.68 Å². The topological polar surface area (TPSA) is 43.6 Å². The minimum Gasteiger partial charge on any atom is -0.272 e. The third-order valence-corrected chi connectivity index (χ3v) is 2.38. The van der Waals surface area contributed by atoms with Crippen LogP contribution in [0.5, 0.6) is 0 Å². The highest BCUT2D eigenvalue weighted by Crippen LogP contribution is 2.18. The first-order chi connectivity index (χ1) is 7.69. The molecule has 16 heavy (non-hydrogen) atoms. The normalized spacial score (nSPS) is 10.7. The van der Waals surface area contributed by atoms with Gasteiger partial charge < -0.3 is 0 Å². The van der Waals surface area contributed by atoms with Gasteiger partial charge in [0, 0.05) is 24.0 Å². The highest BCUT2D eigenvalue weighted by molar-refractivity contribution is 6.28. The lowest BCUT2D eigenvalue weighted by Gasteiger charge is -1.99. The minimum absolute atomic E-state index is 0.276. The quantitative estimate of drug-likeness (QED) is 0.770. The lowest BCUT2D eigenvalue weighted by atomic mass is 10.2. The molecule has 0 atom stereocenters. The van der Waals surface area contributed by atoms with E-state index in [4.69, 9.17) is 11.6 Å². The summed E-state index contributed by atoms with van der Waals surface area (Å²) in [4.78, 5) is 8.21. The van der Waals surface area contributed by atoms with Gasteiger partial charge in [-0.2, -0.15) is 5.10 Å². The van der Waals surface area contributed by atoms with E-state index in [-0.39, 0.29) is 5.28 Å². The Morgan fingerprint density at radius 2 is 2.19 bits per heavy atom. The van der Waals surface area contributed by atoms with Crippen molar-refractivity contribution in [1.29, 1.82) is 0 Å². The first-order valence-electron chi connectivity index (χ1n) is 5.23. The third-order valence-electron chi connectivity index (χ3n) is 2.21. The number of hydrogen-bond acceptors (Lipinski definition) is 3. The van der Waals surface area contributed by atoms with Crippen molar-refractivity contribution in [2.75, 3.05) is 0 Å². The van der Waals surface area contributed by atoms with Crippen molar-refractivity contribution < 1.29 is 0 Å². The smallest absolute Gasteiger partial charge is 0.223 e. The molecule has 0 N–H and O–H groups in total. The second kappa shape index (κ2) is 4.61. The summed E-state index contributed by atoms with van der Waals surface area (Å²) in [5, 5.41) is 4.53. The van der Waals surface area contributed by atoms with E-state index in [0.717, 1.165) is 29.9 Å². The number of aryl methyl sites for hydroxylation is 2. The summed E-state index contributed by atoms with van der Waals surface area (Å²) in [7, 11) is 0. The van der Waals surface area contributed by atoms with E-state index in [1.165, 1.54) is 0 Å². The van der Waals surface area contributed by atoms with E-state index >= 15 is 0 Å². The van der Waals surface area contributed by atoms with E-state index in [9.17, 15) is 0 Å². The first kappa shape index (κ1) is 11.1. The molecule has 84 valence electrons. The highest BCUT2D eigenvalue weighted by atomic mass is 35.5. The molecular weight excluding hydrogens is 224 g/mol. The fourth-order valence-electron chi connectivity index (χ4n) is 1.53. The Morgan fingerprint density at radius 3 is 2.88 bits per heavy atom. The molecule has 2 heterocycles. The van der Waals surface area contributed by atoms with Gasteiger partial charge in [0.2, 0.25) is 5.28 Å². The second-order valence-electron chi connectivity index (χ2n) is 3.66. The van der Waals surface area contributed by atoms with Gasteiger partial charge >= 0.3 is 0 Å². The zero-order chi connectivity index (χ0) is 11.5. The van der Waals surface area contributed by atoms with E-state index in [1.807, 2.05) is 23.9 Å². The van der Waals surface area contributed by atoms with Crippen LogP contribution in [0.3, 0.4) is 0 Å². The van der Waals surface area contributed by atoms with Crippen molar-refractivity contribution in [3.8, 4) is 11.3 Å². The van der Waals surface area contributed by atoms with Crippen molar-refractivity contribution >= 4 is 11.6 Å². The zero-order valence-corrected chi connectivity index (χ0v) is 10.1. The summed E-state index contributed by atoms with van der Waals surface area (Å²) in [6.07, 6.45) is 4.83. The molecule has 0 aliphatic rings. The highest BCUT2D eigenvalue weighted by Gasteiger charge is 2.05. The van der Waals surface area contributed by atoms with Crippen LogP contribution in [0.2, 0.25) is 5.28 Å². The Labute approximate surface area is 99.3 Å². The zero-order valence-electron chi connectivity index (χ0n) is 9.31. The van der Waals surface area contributed by atoms with Crippen LogP contribution in [0.15, 0.2) is 18.5 Å². The standard InChI is InChI=1S/C11H13ClN4/c1-3-4-16-7-9(6-13-16)10-5-8(2)14-11(12)15-10/h5-7H,3-4H2,1-2H3. The molecule has 0 unspecified atom stereocenters. The van der Waals surface area contributed by atoms with E-state index in [0.29, 0.717) is 0 Å². The van der Waals surface area contributed by atoms with Gasteiger partial charge in [-0.25, -0.2) is 9.97 Å². The van der Waals surface area contributed by atoms with E-state index in [1.54, 1.807) is 6.20 Å².